The van der Waals surface area contributed by atoms with Crippen LogP contribution in [0.15, 0.2) is 0 Å². The zero-order valence-corrected chi connectivity index (χ0v) is 8.66. The molecule has 0 aromatic carbocycles. The zero-order valence-electron chi connectivity index (χ0n) is 8.66. The van der Waals surface area contributed by atoms with Gasteiger partial charge in [0.1, 0.15) is 0 Å². The van der Waals surface area contributed by atoms with E-state index in [1.54, 1.807) is 0 Å². The summed E-state index contributed by atoms with van der Waals surface area (Å²) in [7, 11) is 0. The van der Waals surface area contributed by atoms with E-state index in [1.165, 1.54) is 0 Å². The highest BCUT2D eigenvalue weighted by atomic mass is 16.5. The maximum absolute atomic E-state index is 8.61. The molecule has 2 aliphatic rings. The van der Waals surface area contributed by atoms with Crippen molar-refractivity contribution in [1.29, 1.82) is 5.26 Å². The summed E-state index contributed by atoms with van der Waals surface area (Å²) in [5.41, 5.74) is 0.0409. The predicted molar refractivity (Wildman–Crippen MR) is 51.7 cm³/mol. The molecule has 2 aliphatic heterocycles. The van der Waals surface area contributed by atoms with Crippen molar-refractivity contribution in [2.24, 2.45) is 0 Å². The maximum atomic E-state index is 8.61. The van der Waals surface area contributed by atoms with Gasteiger partial charge in [0.2, 0.25) is 0 Å². The lowest BCUT2D eigenvalue weighted by Crippen LogP contribution is -2.39. The summed E-state index contributed by atoms with van der Waals surface area (Å²) in [5.74, 6) is 0. The Morgan fingerprint density at radius 2 is 2.36 bits per heavy atom. The van der Waals surface area contributed by atoms with Crippen LogP contribution in [0.3, 0.4) is 0 Å². The fourth-order valence-electron chi connectivity index (χ4n) is 2.61. The second-order valence-electron chi connectivity index (χ2n) is 4.46. The van der Waals surface area contributed by atoms with E-state index < -0.39 is 0 Å². The molecule has 2 fully saturated rings. The maximum Gasteiger partial charge on any atom is 0.0734 e. The van der Waals surface area contributed by atoms with Crippen LogP contribution in [0.5, 0.6) is 0 Å². The summed E-state index contributed by atoms with van der Waals surface area (Å²) in [6, 6.07) is 2.19. The molecule has 0 amide bonds. The van der Waals surface area contributed by atoms with Crippen LogP contribution in [0.25, 0.3) is 0 Å². The minimum atomic E-state index is 0.0409. The van der Waals surface area contributed by atoms with Gasteiger partial charge < -0.3 is 9.47 Å². The third kappa shape index (κ3) is 1.92. The van der Waals surface area contributed by atoms with Gasteiger partial charge in [-0.3, -0.25) is 0 Å². The van der Waals surface area contributed by atoms with Crippen LogP contribution in [0, 0.1) is 11.3 Å². The SMILES string of the molecule is CC1CC2(CCO1)CCC(CC#N)O2. The minimum Gasteiger partial charge on any atom is -0.378 e. The monoisotopic (exact) mass is 195 g/mol. The van der Waals surface area contributed by atoms with E-state index >= 15 is 0 Å². The van der Waals surface area contributed by atoms with Crippen LogP contribution >= 0.6 is 0 Å². The van der Waals surface area contributed by atoms with E-state index in [1.807, 2.05) is 0 Å². The van der Waals surface area contributed by atoms with Gasteiger partial charge in [-0.2, -0.15) is 5.26 Å². The van der Waals surface area contributed by atoms with Crippen LogP contribution in [-0.2, 0) is 9.47 Å². The number of nitrogens with zero attached hydrogens (tertiary/aromatic N) is 1. The van der Waals surface area contributed by atoms with Crippen molar-refractivity contribution in [2.45, 2.75) is 56.8 Å². The lowest BCUT2D eigenvalue weighted by Gasteiger charge is -2.36. The van der Waals surface area contributed by atoms with Gasteiger partial charge in [0, 0.05) is 13.0 Å². The second-order valence-corrected chi connectivity index (χ2v) is 4.46. The summed E-state index contributed by atoms with van der Waals surface area (Å²) >= 11 is 0. The molecule has 78 valence electrons. The fourth-order valence-corrected chi connectivity index (χ4v) is 2.61. The average molecular weight is 195 g/mol. The van der Waals surface area contributed by atoms with Gasteiger partial charge >= 0.3 is 0 Å². The van der Waals surface area contributed by atoms with E-state index in [0.717, 1.165) is 32.3 Å². The fraction of sp³-hybridized carbons (Fsp3) is 0.909. The number of ether oxygens (including phenoxy) is 2. The highest BCUT2D eigenvalue weighted by Gasteiger charge is 2.42. The van der Waals surface area contributed by atoms with Crippen molar-refractivity contribution >= 4 is 0 Å². The van der Waals surface area contributed by atoms with Crippen LogP contribution in [-0.4, -0.2) is 24.4 Å². The lowest BCUT2D eigenvalue weighted by atomic mass is 9.88. The molecule has 0 N–H and O–H groups in total. The van der Waals surface area contributed by atoms with Crippen molar-refractivity contribution in [1.82, 2.24) is 0 Å². The second kappa shape index (κ2) is 3.88. The van der Waals surface area contributed by atoms with Gasteiger partial charge in [-0.05, 0) is 26.2 Å². The van der Waals surface area contributed by atoms with Crippen LogP contribution in [0.1, 0.15) is 39.0 Å². The molecule has 2 saturated heterocycles. The molecule has 0 aliphatic carbocycles. The number of hydrogen-bond acceptors (Lipinski definition) is 3. The molecule has 0 bridgehead atoms. The zero-order chi connectivity index (χ0) is 10.0. The molecular weight excluding hydrogens is 178 g/mol. The molecule has 3 heteroatoms. The first-order chi connectivity index (χ1) is 6.74. The Morgan fingerprint density at radius 3 is 3.07 bits per heavy atom. The van der Waals surface area contributed by atoms with E-state index in [0.29, 0.717) is 12.5 Å². The topological polar surface area (TPSA) is 42.2 Å². The largest absolute Gasteiger partial charge is 0.378 e. The van der Waals surface area contributed by atoms with Crippen molar-refractivity contribution in [3.8, 4) is 6.07 Å². The molecule has 0 radical (unpaired) electrons. The smallest absolute Gasteiger partial charge is 0.0734 e. The van der Waals surface area contributed by atoms with Crippen molar-refractivity contribution in [3.63, 3.8) is 0 Å². The third-order valence-corrected chi connectivity index (χ3v) is 3.28. The van der Waals surface area contributed by atoms with Gasteiger partial charge in [-0.15, -0.1) is 0 Å². The molecule has 0 aromatic rings. The predicted octanol–water partition coefficient (Wildman–Crippen LogP) is 2.02. The molecule has 1 spiro atoms. The van der Waals surface area contributed by atoms with Gasteiger partial charge in [0.05, 0.1) is 30.3 Å². The molecule has 2 heterocycles. The Bertz CT molecular complexity index is 248. The Balaban J connectivity index is 1.95. The number of rotatable bonds is 1. The van der Waals surface area contributed by atoms with Crippen molar-refractivity contribution in [3.05, 3.63) is 0 Å². The Hall–Kier alpha value is -0.590. The van der Waals surface area contributed by atoms with E-state index in [4.69, 9.17) is 14.7 Å². The molecule has 3 atom stereocenters. The molecular formula is C11H17NO2. The van der Waals surface area contributed by atoms with E-state index in [-0.39, 0.29) is 11.7 Å². The summed E-state index contributed by atoms with van der Waals surface area (Å²) in [5, 5.41) is 8.61. The van der Waals surface area contributed by atoms with Gasteiger partial charge in [0.25, 0.3) is 0 Å². The third-order valence-electron chi connectivity index (χ3n) is 3.28. The highest BCUT2D eigenvalue weighted by Crippen LogP contribution is 2.40. The average Bonchev–Trinajstić information content (AvgIpc) is 2.49. The van der Waals surface area contributed by atoms with Crippen LogP contribution in [0.2, 0.25) is 0 Å². The summed E-state index contributed by atoms with van der Waals surface area (Å²) < 4.78 is 11.5. The van der Waals surface area contributed by atoms with Crippen molar-refractivity contribution < 1.29 is 9.47 Å². The summed E-state index contributed by atoms with van der Waals surface area (Å²) in [6.45, 7) is 2.91. The van der Waals surface area contributed by atoms with Gasteiger partial charge in [0.15, 0.2) is 0 Å². The molecule has 0 aromatic heterocycles. The summed E-state index contributed by atoms with van der Waals surface area (Å²) in [4.78, 5) is 0. The first kappa shape index (κ1) is 9.95. The first-order valence-electron chi connectivity index (χ1n) is 5.40. The summed E-state index contributed by atoms with van der Waals surface area (Å²) in [6.07, 6.45) is 5.16. The molecule has 3 unspecified atom stereocenters. The Kier molecular flexibility index (Phi) is 2.76. The van der Waals surface area contributed by atoms with Gasteiger partial charge in [-0.1, -0.05) is 0 Å². The molecule has 14 heavy (non-hydrogen) atoms. The number of hydrogen-bond donors (Lipinski definition) is 0. The van der Waals surface area contributed by atoms with E-state index in [9.17, 15) is 0 Å². The number of nitriles is 1. The lowest BCUT2D eigenvalue weighted by molar-refractivity contribution is -0.125. The minimum absolute atomic E-state index is 0.0409. The Labute approximate surface area is 85.0 Å². The highest BCUT2D eigenvalue weighted by molar-refractivity contribution is 4.94. The quantitative estimate of drug-likeness (QED) is 0.642. The molecule has 3 nitrogen and oxygen atoms in total. The standard InChI is InChI=1S/C11H17NO2/c1-9-8-11(5-7-13-9)4-2-10(14-11)3-6-12/h9-10H,2-5,7-8H2,1H3. The normalized spacial score (nSPS) is 42.6. The van der Waals surface area contributed by atoms with Gasteiger partial charge in [-0.25, -0.2) is 0 Å². The first-order valence-corrected chi connectivity index (χ1v) is 5.40. The molecule has 0 saturated carbocycles. The van der Waals surface area contributed by atoms with Crippen molar-refractivity contribution in [2.75, 3.05) is 6.61 Å². The van der Waals surface area contributed by atoms with Crippen LogP contribution < -0.4 is 0 Å². The van der Waals surface area contributed by atoms with Crippen LogP contribution in [0.4, 0.5) is 0 Å². The Morgan fingerprint density at radius 1 is 1.50 bits per heavy atom. The van der Waals surface area contributed by atoms with E-state index in [2.05, 4.69) is 13.0 Å². The molecule has 2 rings (SSSR count).